The van der Waals surface area contributed by atoms with E-state index in [-0.39, 0.29) is 34.6 Å². The molecule has 6 nitrogen and oxygen atoms in total. The van der Waals surface area contributed by atoms with Gasteiger partial charge < -0.3 is 15.4 Å². The van der Waals surface area contributed by atoms with Gasteiger partial charge in [-0.3, -0.25) is 9.59 Å². The summed E-state index contributed by atoms with van der Waals surface area (Å²) in [6.45, 7) is 4.18. The summed E-state index contributed by atoms with van der Waals surface area (Å²) in [6, 6.07) is 5.97. The van der Waals surface area contributed by atoms with E-state index in [1.165, 1.54) is 12.1 Å². The van der Waals surface area contributed by atoms with Crippen LogP contribution in [0.4, 0.5) is 0 Å². The molecule has 0 spiro atoms. The molecule has 158 valence electrons. The summed E-state index contributed by atoms with van der Waals surface area (Å²) < 4.78 is 0.360. The molecule has 0 bridgehead atoms. The van der Waals surface area contributed by atoms with Gasteiger partial charge in [-0.25, -0.2) is 0 Å². The number of phenolic OH excluding ortho intramolecular Hbond substituents is 1. The number of fused-ring (bicyclic) bond motifs is 1. The van der Waals surface area contributed by atoms with Crippen molar-refractivity contribution in [1.29, 1.82) is 0 Å². The first-order valence-electron chi connectivity index (χ1n) is 10.5. The predicted molar refractivity (Wildman–Crippen MR) is 113 cm³/mol. The minimum atomic E-state index is -0.914. The van der Waals surface area contributed by atoms with E-state index in [1.54, 1.807) is 12.1 Å². The maximum atomic E-state index is 13.6. The SMILES string of the molecule is C[C@@H]1CC[C@H]2[C@H](C(=O)c3c(O)c(-c4ccc(O)cc4)cn(O)c3=O)[C@H](C)C=C[C@@H]2C1. The zero-order valence-corrected chi connectivity index (χ0v) is 17.2. The fourth-order valence-electron chi connectivity index (χ4n) is 5.21. The largest absolute Gasteiger partial charge is 0.508 e. The summed E-state index contributed by atoms with van der Waals surface area (Å²) in [7, 11) is 0. The van der Waals surface area contributed by atoms with E-state index in [0.717, 1.165) is 25.5 Å². The van der Waals surface area contributed by atoms with Crippen LogP contribution >= 0.6 is 0 Å². The number of hydrogen-bond acceptors (Lipinski definition) is 5. The van der Waals surface area contributed by atoms with E-state index >= 15 is 0 Å². The number of carbonyl (C=O) groups is 1. The Hall–Kier alpha value is -3.02. The van der Waals surface area contributed by atoms with Gasteiger partial charge in [0.2, 0.25) is 0 Å². The molecule has 2 aromatic rings. The highest BCUT2D eigenvalue weighted by Gasteiger charge is 2.43. The topological polar surface area (TPSA) is 99.8 Å². The summed E-state index contributed by atoms with van der Waals surface area (Å²) in [6.07, 6.45) is 8.29. The van der Waals surface area contributed by atoms with E-state index in [2.05, 4.69) is 13.0 Å². The Balaban J connectivity index is 1.80. The third-order valence-corrected chi connectivity index (χ3v) is 6.80. The second kappa shape index (κ2) is 7.67. The number of rotatable bonds is 3. The Morgan fingerprint density at radius 3 is 2.47 bits per heavy atom. The molecule has 0 amide bonds. The quantitative estimate of drug-likeness (QED) is 0.400. The smallest absolute Gasteiger partial charge is 0.297 e. The Morgan fingerprint density at radius 1 is 1.07 bits per heavy atom. The van der Waals surface area contributed by atoms with Crippen LogP contribution in [-0.4, -0.2) is 25.9 Å². The first-order chi connectivity index (χ1) is 14.3. The Morgan fingerprint density at radius 2 is 1.77 bits per heavy atom. The molecule has 6 heteroatoms. The highest BCUT2D eigenvalue weighted by Crippen LogP contribution is 2.46. The van der Waals surface area contributed by atoms with Crippen LogP contribution < -0.4 is 5.56 Å². The zero-order valence-electron chi connectivity index (χ0n) is 17.2. The molecule has 0 radical (unpaired) electrons. The number of ketones is 1. The molecule has 5 atom stereocenters. The van der Waals surface area contributed by atoms with Gasteiger partial charge in [-0.15, -0.1) is 0 Å². The number of nitrogens with zero attached hydrogens (tertiary/aromatic N) is 1. The molecule has 1 saturated carbocycles. The molecule has 2 aliphatic rings. The molecule has 30 heavy (non-hydrogen) atoms. The minimum Gasteiger partial charge on any atom is -0.508 e. The summed E-state index contributed by atoms with van der Waals surface area (Å²) in [4.78, 5) is 26.3. The molecule has 0 aliphatic heterocycles. The van der Waals surface area contributed by atoms with Crippen molar-refractivity contribution in [3.63, 3.8) is 0 Å². The first kappa shape index (κ1) is 20.3. The zero-order chi connectivity index (χ0) is 21.6. The van der Waals surface area contributed by atoms with Crippen LogP contribution in [0.1, 0.15) is 43.5 Å². The van der Waals surface area contributed by atoms with E-state index in [1.807, 2.05) is 13.0 Å². The van der Waals surface area contributed by atoms with Gasteiger partial charge in [-0.05, 0) is 54.2 Å². The highest BCUT2D eigenvalue weighted by molar-refractivity contribution is 6.02. The van der Waals surface area contributed by atoms with E-state index < -0.39 is 23.0 Å². The minimum absolute atomic E-state index is 0.0484. The molecular formula is C24H27NO5. The monoisotopic (exact) mass is 409 g/mol. The molecule has 1 aromatic carbocycles. The van der Waals surface area contributed by atoms with E-state index in [4.69, 9.17) is 0 Å². The Kier molecular flexibility index (Phi) is 5.18. The molecule has 1 fully saturated rings. The summed E-state index contributed by atoms with van der Waals surface area (Å²) >= 11 is 0. The van der Waals surface area contributed by atoms with Gasteiger partial charge in [0, 0.05) is 11.5 Å². The molecule has 4 rings (SSSR count). The van der Waals surface area contributed by atoms with Crippen molar-refractivity contribution >= 4 is 5.78 Å². The molecule has 3 N–H and O–H groups in total. The lowest BCUT2D eigenvalue weighted by Gasteiger charge is -2.42. The summed E-state index contributed by atoms with van der Waals surface area (Å²) in [5.41, 5.74) is -0.647. The van der Waals surface area contributed by atoms with Crippen LogP contribution in [0, 0.1) is 29.6 Å². The third kappa shape index (κ3) is 3.40. The van der Waals surface area contributed by atoms with Gasteiger partial charge in [0.05, 0.1) is 6.20 Å². The lowest BCUT2D eigenvalue weighted by atomic mass is 9.61. The normalized spacial score (nSPS) is 28.1. The van der Waals surface area contributed by atoms with Crippen LogP contribution in [-0.2, 0) is 0 Å². The fourth-order valence-corrected chi connectivity index (χ4v) is 5.21. The summed E-state index contributed by atoms with van der Waals surface area (Å²) in [5, 5.41) is 30.6. The number of benzene rings is 1. The number of Topliss-reactive ketones (excluding diaryl/α,β-unsaturated/α-hetero) is 1. The highest BCUT2D eigenvalue weighted by atomic mass is 16.5. The molecule has 1 aromatic heterocycles. The predicted octanol–water partition coefficient (Wildman–Crippen LogP) is 4.22. The molecule has 0 unspecified atom stereocenters. The van der Waals surface area contributed by atoms with Gasteiger partial charge in [-0.2, -0.15) is 4.73 Å². The van der Waals surface area contributed by atoms with Crippen LogP contribution in [0.5, 0.6) is 11.5 Å². The Labute approximate surface area is 175 Å². The number of allylic oxidation sites excluding steroid dienone is 2. The van der Waals surface area contributed by atoms with E-state index in [0.29, 0.717) is 16.2 Å². The van der Waals surface area contributed by atoms with Crippen molar-refractivity contribution < 1.29 is 20.2 Å². The van der Waals surface area contributed by atoms with Crippen molar-refractivity contribution in [2.24, 2.45) is 29.6 Å². The third-order valence-electron chi connectivity index (χ3n) is 6.80. The first-order valence-corrected chi connectivity index (χ1v) is 10.5. The van der Waals surface area contributed by atoms with Crippen LogP contribution in [0.25, 0.3) is 11.1 Å². The van der Waals surface area contributed by atoms with Crippen molar-refractivity contribution in [3.05, 3.63) is 58.5 Å². The lowest BCUT2D eigenvalue weighted by Crippen LogP contribution is -2.41. The standard InChI is InChI=1S/C24H27NO5/c1-13-3-10-18-16(11-13)5-4-14(2)20(18)23(28)21-22(27)19(12-25(30)24(21)29)15-6-8-17(26)9-7-15/h4-9,12-14,16,18,20,26-27,30H,3,10-11H2,1-2H3/t13-,14-,16-,18-,20-/m1/s1. The average molecular weight is 409 g/mol. The van der Waals surface area contributed by atoms with Gasteiger partial charge in [0.1, 0.15) is 17.1 Å². The number of phenols is 1. The van der Waals surface area contributed by atoms with Crippen molar-refractivity contribution in [1.82, 2.24) is 4.73 Å². The van der Waals surface area contributed by atoms with Crippen molar-refractivity contribution in [2.45, 2.75) is 33.1 Å². The molecule has 0 saturated heterocycles. The number of pyridine rings is 1. The number of carbonyl (C=O) groups excluding carboxylic acids is 1. The molecule has 1 heterocycles. The van der Waals surface area contributed by atoms with E-state index in [9.17, 15) is 25.0 Å². The van der Waals surface area contributed by atoms with Crippen molar-refractivity contribution in [3.8, 4) is 22.6 Å². The van der Waals surface area contributed by atoms with Crippen molar-refractivity contribution in [2.75, 3.05) is 0 Å². The number of hydrogen-bond donors (Lipinski definition) is 3. The Bertz CT molecular complexity index is 1050. The summed E-state index contributed by atoms with van der Waals surface area (Å²) in [5.74, 6) is -0.259. The van der Waals surface area contributed by atoms with Gasteiger partial charge in [0.15, 0.2) is 5.78 Å². The lowest BCUT2D eigenvalue weighted by molar-refractivity contribution is 0.0682. The molecular weight excluding hydrogens is 382 g/mol. The van der Waals surface area contributed by atoms with Crippen LogP contribution in [0.3, 0.4) is 0 Å². The maximum absolute atomic E-state index is 13.6. The number of aromatic nitrogens is 1. The van der Waals surface area contributed by atoms with Gasteiger partial charge >= 0.3 is 0 Å². The maximum Gasteiger partial charge on any atom is 0.297 e. The fraction of sp³-hybridized carbons (Fsp3) is 0.417. The second-order valence-corrected chi connectivity index (χ2v) is 8.84. The molecule has 2 aliphatic carbocycles. The van der Waals surface area contributed by atoms with Crippen LogP contribution in [0.2, 0.25) is 0 Å². The van der Waals surface area contributed by atoms with Gasteiger partial charge in [-0.1, -0.05) is 44.6 Å². The average Bonchev–Trinajstić information content (AvgIpc) is 2.71. The van der Waals surface area contributed by atoms with Crippen LogP contribution in [0.15, 0.2) is 47.4 Å². The number of aromatic hydroxyl groups is 2. The second-order valence-electron chi connectivity index (χ2n) is 8.84. The van der Waals surface area contributed by atoms with Gasteiger partial charge in [0.25, 0.3) is 5.56 Å².